The van der Waals surface area contributed by atoms with Crippen LogP contribution < -0.4 is 0 Å². The summed E-state index contributed by atoms with van der Waals surface area (Å²) in [5, 5.41) is 1.46. The van der Waals surface area contributed by atoms with Crippen molar-refractivity contribution in [3.05, 3.63) is 71.8 Å². The Kier molecular flexibility index (Phi) is 4.92. The lowest BCUT2D eigenvalue weighted by Crippen LogP contribution is -2.54. The van der Waals surface area contributed by atoms with Crippen molar-refractivity contribution in [2.24, 2.45) is 0 Å². The molecule has 0 spiro atoms. The van der Waals surface area contributed by atoms with Gasteiger partial charge in [0.1, 0.15) is 8.24 Å². The van der Waals surface area contributed by atoms with Crippen molar-refractivity contribution >= 4 is 32.7 Å². The molecule has 0 saturated heterocycles. The monoisotopic (exact) mass is 351 g/mol. The van der Waals surface area contributed by atoms with Gasteiger partial charge in [-0.05, 0) is 19.3 Å². The molecule has 0 atom stereocenters. The first-order valence-electron chi connectivity index (χ1n) is 8.63. The third kappa shape index (κ3) is 3.32. The van der Waals surface area contributed by atoms with Gasteiger partial charge in [-0.2, -0.15) is 0 Å². The molecule has 24 heavy (non-hydrogen) atoms. The number of hydrogen-bond acceptors (Lipinski definition) is 1. The van der Waals surface area contributed by atoms with Crippen molar-refractivity contribution in [2.45, 2.75) is 39.5 Å². The van der Waals surface area contributed by atoms with Gasteiger partial charge < -0.3 is 0 Å². The third-order valence-corrected chi connectivity index (χ3v) is 7.99. The summed E-state index contributed by atoms with van der Waals surface area (Å²) in [5.74, 6) is 0. The zero-order chi connectivity index (χ0) is 17.3. The molecule has 124 valence electrons. The van der Waals surface area contributed by atoms with Crippen LogP contribution in [-0.2, 0) is 0 Å². The average molecular weight is 352 g/mol. The highest BCUT2D eigenvalue weighted by Gasteiger charge is 2.36. The second kappa shape index (κ2) is 6.80. The van der Waals surface area contributed by atoms with Crippen LogP contribution in [0.25, 0.3) is 10.9 Å². The van der Waals surface area contributed by atoms with E-state index in [1.807, 2.05) is 0 Å². The Balaban J connectivity index is 2.10. The lowest BCUT2D eigenvalue weighted by Gasteiger charge is -2.43. The quantitative estimate of drug-likeness (QED) is 0.458. The summed E-state index contributed by atoms with van der Waals surface area (Å²) in [4.78, 5) is 0. The first kappa shape index (κ1) is 17.4. The van der Waals surface area contributed by atoms with E-state index < -0.39 is 8.24 Å². The first-order valence-corrected chi connectivity index (χ1v) is 13.0. The van der Waals surface area contributed by atoms with E-state index in [1.54, 1.807) is 0 Å². The molecule has 1 heterocycles. The van der Waals surface area contributed by atoms with E-state index in [0.717, 1.165) is 0 Å². The summed E-state index contributed by atoms with van der Waals surface area (Å²) in [6.45, 7) is 12.0. The lowest BCUT2D eigenvalue weighted by molar-refractivity contribution is 0.514. The first-order chi connectivity index (χ1) is 11.4. The number of rotatable bonds is 5. The Morgan fingerprint density at radius 3 is 1.75 bits per heavy atom. The zero-order valence-electron chi connectivity index (χ0n) is 15.2. The van der Waals surface area contributed by atoms with Gasteiger partial charge >= 0.3 is 0 Å². The molecule has 2 aromatic rings. The maximum absolute atomic E-state index is 2.71. The minimum atomic E-state index is -1.43. The molecule has 0 aromatic heterocycles. The maximum atomic E-state index is 2.71. The second-order valence-electron chi connectivity index (χ2n) is 7.53. The summed E-state index contributed by atoms with van der Waals surface area (Å²) >= 11 is 0. The Labute approximate surface area is 148 Å². The second-order valence-corrected chi connectivity index (χ2v) is 13.4. The van der Waals surface area contributed by atoms with E-state index >= 15 is 0 Å². The Bertz CT molecular complexity index is 770. The summed E-state index contributed by atoms with van der Waals surface area (Å²) in [5.41, 5.74) is 5.64. The van der Waals surface area contributed by atoms with Crippen LogP contribution in [0.5, 0.6) is 0 Å². The molecule has 3 heteroatoms. The van der Waals surface area contributed by atoms with Crippen LogP contribution in [-0.4, -0.2) is 24.3 Å². The fraction of sp³-hybridized carbons (Fsp3) is 0.286. The molecular formula is C21H26NPSi. The maximum Gasteiger partial charge on any atom is 0.125 e. The molecule has 0 saturated carbocycles. The molecule has 0 aliphatic carbocycles. The van der Waals surface area contributed by atoms with Crippen LogP contribution in [0.2, 0.25) is 19.6 Å². The van der Waals surface area contributed by atoms with Gasteiger partial charge in [0, 0.05) is 22.3 Å². The SMILES string of the molecule is CC(C)N(C1=PC(c2ccccc2)=C1c1ccccc1)[Si](C)(C)C. The Morgan fingerprint density at radius 2 is 1.29 bits per heavy atom. The van der Waals surface area contributed by atoms with E-state index in [2.05, 4.69) is 98.7 Å². The van der Waals surface area contributed by atoms with Crippen LogP contribution in [0.4, 0.5) is 0 Å². The molecule has 1 aliphatic heterocycles. The highest BCUT2D eigenvalue weighted by atomic mass is 31.1. The lowest BCUT2D eigenvalue weighted by atomic mass is 10.0. The summed E-state index contributed by atoms with van der Waals surface area (Å²) < 4.78 is 2.71. The van der Waals surface area contributed by atoms with Crippen LogP contribution in [0, 0.1) is 0 Å². The molecule has 0 radical (unpaired) electrons. The number of hydrogen-bond donors (Lipinski definition) is 0. The number of benzene rings is 2. The van der Waals surface area contributed by atoms with Crippen molar-refractivity contribution < 1.29 is 0 Å². The van der Waals surface area contributed by atoms with Gasteiger partial charge in [-0.3, -0.25) is 4.57 Å². The summed E-state index contributed by atoms with van der Waals surface area (Å²) in [6, 6.07) is 22.2. The van der Waals surface area contributed by atoms with Gasteiger partial charge in [0.2, 0.25) is 0 Å². The topological polar surface area (TPSA) is 3.24 Å². The summed E-state index contributed by atoms with van der Waals surface area (Å²) in [7, 11) is -0.0626. The summed E-state index contributed by atoms with van der Waals surface area (Å²) in [6.07, 6.45) is 0. The Morgan fingerprint density at radius 1 is 0.792 bits per heavy atom. The van der Waals surface area contributed by atoms with Crippen LogP contribution in [0.1, 0.15) is 25.0 Å². The zero-order valence-corrected chi connectivity index (χ0v) is 17.1. The predicted molar refractivity (Wildman–Crippen MR) is 112 cm³/mol. The van der Waals surface area contributed by atoms with Crippen molar-refractivity contribution in [2.75, 3.05) is 0 Å². The molecular weight excluding hydrogens is 325 g/mol. The van der Waals surface area contributed by atoms with Crippen LogP contribution in [0.15, 0.2) is 60.7 Å². The molecule has 1 nitrogen and oxygen atoms in total. The molecule has 1 aliphatic rings. The van der Waals surface area contributed by atoms with E-state index in [-0.39, 0.29) is 0 Å². The van der Waals surface area contributed by atoms with Gasteiger partial charge in [-0.15, -0.1) is 0 Å². The van der Waals surface area contributed by atoms with E-state index in [9.17, 15) is 0 Å². The van der Waals surface area contributed by atoms with Gasteiger partial charge in [-0.1, -0.05) is 94.2 Å². The van der Waals surface area contributed by atoms with Gasteiger partial charge in [0.05, 0.1) is 0 Å². The molecule has 0 unspecified atom stereocenters. The molecule has 2 aromatic carbocycles. The molecule has 0 fully saturated rings. The van der Waals surface area contributed by atoms with Crippen molar-refractivity contribution in [3.63, 3.8) is 0 Å². The minimum absolute atomic E-state index is 0.537. The highest BCUT2D eigenvalue weighted by Crippen LogP contribution is 2.48. The molecule has 0 amide bonds. The standard InChI is InChI=1S/C21H26NPSi/c1-16(2)22(24(3,4)5)21-19(17-12-8-6-9-13-17)20(23-21)18-14-10-7-11-15-18/h6-16H,1-5H3. The fourth-order valence-corrected chi connectivity index (χ4v) is 8.16. The third-order valence-electron chi connectivity index (χ3n) is 4.26. The van der Waals surface area contributed by atoms with Crippen molar-refractivity contribution in [1.82, 2.24) is 4.57 Å². The number of nitrogens with zero attached hydrogens (tertiary/aromatic N) is 1. The predicted octanol–water partition coefficient (Wildman–Crippen LogP) is 6.19. The van der Waals surface area contributed by atoms with E-state index in [4.69, 9.17) is 0 Å². The van der Waals surface area contributed by atoms with Crippen molar-refractivity contribution in [3.8, 4) is 0 Å². The van der Waals surface area contributed by atoms with Crippen LogP contribution in [0.3, 0.4) is 0 Å². The fourth-order valence-electron chi connectivity index (χ4n) is 3.46. The van der Waals surface area contributed by atoms with Gasteiger partial charge in [0.15, 0.2) is 0 Å². The van der Waals surface area contributed by atoms with E-state index in [0.29, 0.717) is 6.04 Å². The normalized spacial score (nSPS) is 15.5. The molecule has 0 bridgehead atoms. The highest BCUT2D eigenvalue weighted by molar-refractivity contribution is 7.58. The van der Waals surface area contributed by atoms with E-state index in [1.165, 1.54) is 35.6 Å². The van der Waals surface area contributed by atoms with Crippen molar-refractivity contribution in [1.29, 1.82) is 0 Å². The van der Waals surface area contributed by atoms with Crippen LogP contribution >= 0.6 is 8.20 Å². The molecule has 3 rings (SSSR count). The largest absolute Gasteiger partial charge is 0.290 e. The molecule has 0 N–H and O–H groups in total. The smallest absolute Gasteiger partial charge is 0.125 e. The minimum Gasteiger partial charge on any atom is -0.290 e. The van der Waals surface area contributed by atoms with Gasteiger partial charge in [0.25, 0.3) is 0 Å². The Hall–Kier alpha value is -1.47. The van der Waals surface area contributed by atoms with Gasteiger partial charge in [-0.25, -0.2) is 0 Å². The average Bonchev–Trinajstić information content (AvgIpc) is 2.51.